The van der Waals surface area contributed by atoms with Crippen LogP contribution < -0.4 is 0 Å². The monoisotopic (exact) mass is 1030 g/mol. The molecule has 6 heteroatoms. The molecule has 0 N–H and O–H groups in total. The van der Waals surface area contributed by atoms with Crippen LogP contribution in [0.25, 0.3) is 0 Å². The van der Waals surface area contributed by atoms with Gasteiger partial charge in [-0.1, -0.05) is 302 Å². The Labute approximate surface area is 455 Å². The SMILES string of the molecule is CCCCCCCCCC/C=C\CCCCCCCCCC(=O)OCC(COC(=O)CCCCCCCCCCCCCCCCCCC)OC(=O)CCCCCCCCC/C=C\CCCCCCCCCC. The van der Waals surface area contributed by atoms with Crippen LogP contribution in [0.15, 0.2) is 24.3 Å². The van der Waals surface area contributed by atoms with Crippen LogP contribution in [-0.4, -0.2) is 37.2 Å². The summed E-state index contributed by atoms with van der Waals surface area (Å²) in [5, 5.41) is 0. The molecular weight excluding hydrogens is 901 g/mol. The predicted octanol–water partition coefficient (Wildman–Crippen LogP) is 22.2. The molecule has 1 atom stereocenters. The third kappa shape index (κ3) is 60.6. The third-order valence-corrected chi connectivity index (χ3v) is 14.9. The van der Waals surface area contributed by atoms with Crippen molar-refractivity contribution in [3.05, 3.63) is 24.3 Å². The van der Waals surface area contributed by atoms with Gasteiger partial charge in [-0.2, -0.15) is 0 Å². The Hall–Kier alpha value is -2.11. The highest BCUT2D eigenvalue weighted by atomic mass is 16.6. The summed E-state index contributed by atoms with van der Waals surface area (Å²) in [7, 11) is 0. The van der Waals surface area contributed by atoms with Crippen LogP contribution in [0.2, 0.25) is 0 Å². The Balaban J connectivity index is 4.33. The van der Waals surface area contributed by atoms with Gasteiger partial charge in [0.25, 0.3) is 0 Å². The van der Waals surface area contributed by atoms with E-state index in [1.165, 1.54) is 270 Å². The van der Waals surface area contributed by atoms with E-state index in [0.29, 0.717) is 19.3 Å². The fraction of sp³-hybridized carbons (Fsp3) is 0.896. The molecule has 430 valence electrons. The van der Waals surface area contributed by atoms with Crippen LogP contribution in [0, 0.1) is 0 Å². The van der Waals surface area contributed by atoms with Crippen molar-refractivity contribution in [3.63, 3.8) is 0 Å². The zero-order chi connectivity index (χ0) is 52.9. The maximum atomic E-state index is 12.9. The highest BCUT2D eigenvalue weighted by Gasteiger charge is 2.19. The summed E-state index contributed by atoms with van der Waals surface area (Å²) in [4.78, 5) is 38.3. The van der Waals surface area contributed by atoms with Crippen molar-refractivity contribution >= 4 is 17.9 Å². The second-order valence-corrected chi connectivity index (χ2v) is 22.4. The number of rotatable bonds is 61. The van der Waals surface area contributed by atoms with E-state index in [2.05, 4.69) is 45.1 Å². The van der Waals surface area contributed by atoms with Gasteiger partial charge in [-0.3, -0.25) is 14.4 Å². The average Bonchev–Trinajstić information content (AvgIpc) is 3.39. The normalized spacial score (nSPS) is 12.1. The van der Waals surface area contributed by atoms with E-state index in [4.69, 9.17) is 14.2 Å². The van der Waals surface area contributed by atoms with E-state index in [1.807, 2.05) is 0 Å². The summed E-state index contributed by atoms with van der Waals surface area (Å²) < 4.78 is 17.0. The van der Waals surface area contributed by atoms with Crippen molar-refractivity contribution < 1.29 is 28.6 Å². The van der Waals surface area contributed by atoms with Crippen molar-refractivity contribution in [1.29, 1.82) is 0 Å². The van der Waals surface area contributed by atoms with Crippen LogP contribution in [0.3, 0.4) is 0 Å². The largest absolute Gasteiger partial charge is 0.462 e. The van der Waals surface area contributed by atoms with Crippen LogP contribution in [0.5, 0.6) is 0 Å². The van der Waals surface area contributed by atoms with E-state index < -0.39 is 6.10 Å². The number of allylic oxidation sites excluding steroid dienone is 4. The number of carbonyl (C=O) groups excluding carboxylic acids is 3. The quantitative estimate of drug-likeness (QED) is 0.0261. The Morgan fingerprint density at radius 3 is 0.685 bits per heavy atom. The molecule has 0 saturated carbocycles. The Kier molecular flexibility index (Phi) is 60.6. The van der Waals surface area contributed by atoms with Crippen molar-refractivity contribution in [3.8, 4) is 0 Å². The topological polar surface area (TPSA) is 78.9 Å². The average molecular weight is 1030 g/mol. The first-order valence-corrected chi connectivity index (χ1v) is 32.8. The summed E-state index contributed by atoms with van der Waals surface area (Å²) in [6.07, 6.45) is 74.7. The number of hydrogen-bond acceptors (Lipinski definition) is 6. The van der Waals surface area contributed by atoms with Crippen molar-refractivity contribution in [1.82, 2.24) is 0 Å². The summed E-state index contributed by atoms with van der Waals surface area (Å²) in [6, 6.07) is 0. The Bertz CT molecular complexity index is 1180. The summed E-state index contributed by atoms with van der Waals surface area (Å²) >= 11 is 0. The highest BCUT2D eigenvalue weighted by molar-refractivity contribution is 5.71. The fourth-order valence-electron chi connectivity index (χ4n) is 9.97. The standard InChI is InChI=1S/C67H126O6/c1-4-7-10-13-16-19-22-25-28-31-33-36-39-42-45-48-51-54-57-60-66(69)72-63-64(62-71-65(68)59-56-53-50-47-44-41-38-35-30-27-24-21-18-15-12-9-6-3)73-67(70)61-58-55-52-49-46-43-40-37-34-32-29-26-23-20-17-14-11-8-5-2/h31-34,64H,4-30,35-63H2,1-3H3/b33-31-,34-32-. The molecule has 0 spiro atoms. The minimum absolute atomic E-state index is 0.0692. The van der Waals surface area contributed by atoms with Gasteiger partial charge in [-0.05, 0) is 70.6 Å². The molecule has 0 radical (unpaired) electrons. The van der Waals surface area contributed by atoms with E-state index >= 15 is 0 Å². The van der Waals surface area contributed by atoms with Crippen LogP contribution in [0.4, 0.5) is 0 Å². The van der Waals surface area contributed by atoms with E-state index in [9.17, 15) is 14.4 Å². The summed E-state index contributed by atoms with van der Waals surface area (Å²) in [5.41, 5.74) is 0. The Morgan fingerprint density at radius 1 is 0.260 bits per heavy atom. The van der Waals surface area contributed by atoms with Gasteiger partial charge in [-0.15, -0.1) is 0 Å². The van der Waals surface area contributed by atoms with Crippen LogP contribution in [-0.2, 0) is 28.6 Å². The highest BCUT2D eigenvalue weighted by Crippen LogP contribution is 2.18. The molecule has 0 aliphatic heterocycles. The molecule has 1 unspecified atom stereocenters. The maximum Gasteiger partial charge on any atom is 0.306 e. The minimum atomic E-state index is -0.773. The predicted molar refractivity (Wildman–Crippen MR) is 316 cm³/mol. The number of esters is 3. The van der Waals surface area contributed by atoms with Gasteiger partial charge in [0.15, 0.2) is 6.10 Å². The van der Waals surface area contributed by atoms with E-state index in [0.717, 1.165) is 57.8 Å². The lowest BCUT2D eigenvalue weighted by atomic mass is 10.0. The zero-order valence-electron chi connectivity index (χ0n) is 49.4. The number of ether oxygens (including phenoxy) is 3. The van der Waals surface area contributed by atoms with Gasteiger partial charge in [0.05, 0.1) is 0 Å². The van der Waals surface area contributed by atoms with E-state index in [-0.39, 0.29) is 31.1 Å². The molecule has 73 heavy (non-hydrogen) atoms. The molecule has 0 heterocycles. The lowest BCUT2D eigenvalue weighted by Gasteiger charge is -2.18. The van der Waals surface area contributed by atoms with Crippen LogP contribution in [0.1, 0.15) is 367 Å². The first kappa shape index (κ1) is 70.9. The molecule has 0 amide bonds. The summed E-state index contributed by atoms with van der Waals surface area (Å²) in [5.74, 6) is -0.850. The van der Waals surface area contributed by atoms with Crippen molar-refractivity contribution in [2.75, 3.05) is 13.2 Å². The van der Waals surface area contributed by atoms with E-state index in [1.54, 1.807) is 0 Å². The molecule has 0 aromatic heterocycles. The maximum absolute atomic E-state index is 12.9. The van der Waals surface area contributed by atoms with Gasteiger partial charge < -0.3 is 14.2 Å². The lowest BCUT2D eigenvalue weighted by Crippen LogP contribution is -2.30. The van der Waals surface area contributed by atoms with Gasteiger partial charge >= 0.3 is 17.9 Å². The molecule has 6 nitrogen and oxygen atoms in total. The fourth-order valence-corrected chi connectivity index (χ4v) is 9.97. The smallest absolute Gasteiger partial charge is 0.306 e. The van der Waals surface area contributed by atoms with Gasteiger partial charge in [-0.25, -0.2) is 0 Å². The van der Waals surface area contributed by atoms with Crippen molar-refractivity contribution in [2.45, 2.75) is 374 Å². The first-order chi connectivity index (χ1) is 36.0. The summed E-state index contributed by atoms with van der Waals surface area (Å²) in [6.45, 7) is 6.70. The first-order valence-electron chi connectivity index (χ1n) is 32.8. The molecule has 0 bridgehead atoms. The number of unbranched alkanes of at least 4 members (excludes halogenated alkanes) is 46. The molecule has 0 aliphatic rings. The van der Waals surface area contributed by atoms with Crippen LogP contribution >= 0.6 is 0 Å². The third-order valence-electron chi connectivity index (χ3n) is 14.9. The number of hydrogen-bond donors (Lipinski definition) is 0. The zero-order valence-corrected chi connectivity index (χ0v) is 49.4. The lowest BCUT2D eigenvalue weighted by molar-refractivity contribution is -0.167. The van der Waals surface area contributed by atoms with Crippen molar-refractivity contribution in [2.24, 2.45) is 0 Å². The molecular formula is C67H126O6. The van der Waals surface area contributed by atoms with Gasteiger partial charge in [0, 0.05) is 19.3 Å². The molecule has 0 aromatic carbocycles. The number of carbonyl (C=O) groups is 3. The molecule has 0 saturated heterocycles. The second-order valence-electron chi connectivity index (χ2n) is 22.4. The molecule has 0 aliphatic carbocycles. The van der Waals surface area contributed by atoms with Gasteiger partial charge in [0.1, 0.15) is 13.2 Å². The Morgan fingerprint density at radius 2 is 0.452 bits per heavy atom. The second kappa shape index (κ2) is 62.4. The molecule has 0 aromatic rings. The molecule has 0 fully saturated rings. The minimum Gasteiger partial charge on any atom is -0.462 e. The van der Waals surface area contributed by atoms with Gasteiger partial charge in [0.2, 0.25) is 0 Å². The molecule has 0 rings (SSSR count).